The van der Waals surface area contributed by atoms with Gasteiger partial charge < -0.3 is 9.63 Å². The smallest absolute Gasteiger partial charge is 0.337 e. The Morgan fingerprint density at radius 1 is 1.29 bits per heavy atom. The first-order valence-corrected chi connectivity index (χ1v) is 5.60. The molecule has 0 heterocycles. The summed E-state index contributed by atoms with van der Waals surface area (Å²) in [4.78, 5) is 39.4. The van der Waals surface area contributed by atoms with Gasteiger partial charge in [0.05, 0.1) is 6.54 Å². The van der Waals surface area contributed by atoms with Gasteiger partial charge in [0.2, 0.25) is 0 Å². The van der Waals surface area contributed by atoms with Crippen LogP contribution in [0.25, 0.3) is 0 Å². The topological polar surface area (TPSA) is 66.9 Å². The molecule has 0 fully saturated rings. The Bertz CT molecular complexity index is 268. The third kappa shape index (κ3) is 7.46. The van der Waals surface area contributed by atoms with Crippen LogP contribution in [0.15, 0.2) is 0 Å². The predicted octanol–water partition coefficient (Wildman–Crippen LogP) is 0.224. The molecule has 0 bridgehead atoms. The van der Waals surface area contributed by atoms with Crippen LogP contribution in [-0.2, 0) is 19.2 Å². The summed E-state index contributed by atoms with van der Waals surface area (Å²) >= 11 is 0. The van der Waals surface area contributed by atoms with Crippen molar-refractivity contribution in [1.82, 2.24) is 9.96 Å². The summed E-state index contributed by atoms with van der Waals surface area (Å²) in [6.45, 7) is 2.94. The van der Waals surface area contributed by atoms with E-state index in [1.165, 1.54) is 7.05 Å². The molecular formula is C11H20N2O4. The van der Waals surface area contributed by atoms with E-state index < -0.39 is 5.97 Å². The first kappa shape index (κ1) is 15.6. The Labute approximate surface area is 101 Å². The van der Waals surface area contributed by atoms with Crippen molar-refractivity contribution in [2.45, 2.75) is 26.2 Å². The minimum Gasteiger partial charge on any atom is -0.337 e. The van der Waals surface area contributed by atoms with Crippen molar-refractivity contribution in [1.29, 1.82) is 0 Å². The van der Waals surface area contributed by atoms with E-state index >= 15 is 0 Å². The molecule has 0 N–H and O–H groups in total. The summed E-state index contributed by atoms with van der Waals surface area (Å²) < 4.78 is 0. The molecule has 0 aromatic heterocycles. The zero-order valence-corrected chi connectivity index (χ0v) is 10.6. The van der Waals surface area contributed by atoms with Crippen molar-refractivity contribution in [2.75, 3.05) is 27.2 Å². The second-order valence-corrected chi connectivity index (χ2v) is 3.80. The molecule has 0 atom stereocenters. The van der Waals surface area contributed by atoms with Gasteiger partial charge in [0.25, 0.3) is 5.91 Å². The second kappa shape index (κ2) is 8.69. The number of likely N-dealkylation sites (N-methyl/N-ethyl adjacent to an activating group) is 1. The Morgan fingerprint density at radius 2 is 1.94 bits per heavy atom. The Balaban J connectivity index is 3.93. The first-order chi connectivity index (χ1) is 8.01. The summed E-state index contributed by atoms with van der Waals surface area (Å²) in [5, 5.41) is 0.881. The van der Waals surface area contributed by atoms with Crippen molar-refractivity contribution in [3.05, 3.63) is 0 Å². The summed E-state index contributed by atoms with van der Waals surface area (Å²) in [6.07, 6.45) is 1.79. The number of nitrogens with zero attached hydrogens (tertiary/aromatic N) is 2. The van der Waals surface area contributed by atoms with E-state index in [1.54, 1.807) is 7.05 Å². The number of carbonyl (C=O) groups is 3. The van der Waals surface area contributed by atoms with Crippen LogP contribution < -0.4 is 0 Å². The fourth-order valence-electron chi connectivity index (χ4n) is 1.25. The monoisotopic (exact) mass is 244 g/mol. The molecule has 0 aliphatic heterocycles. The highest BCUT2D eigenvalue weighted by molar-refractivity contribution is 5.79. The fourth-order valence-corrected chi connectivity index (χ4v) is 1.25. The van der Waals surface area contributed by atoms with Gasteiger partial charge in [0.1, 0.15) is 6.29 Å². The van der Waals surface area contributed by atoms with Gasteiger partial charge in [-0.2, -0.15) is 5.06 Å². The van der Waals surface area contributed by atoms with Crippen molar-refractivity contribution in [3.8, 4) is 0 Å². The summed E-state index contributed by atoms with van der Waals surface area (Å²) in [7, 11) is 3.17. The van der Waals surface area contributed by atoms with Crippen molar-refractivity contribution in [3.63, 3.8) is 0 Å². The van der Waals surface area contributed by atoms with Crippen LogP contribution in [0, 0.1) is 0 Å². The third-order valence-corrected chi connectivity index (χ3v) is 2.07. The lowest BCUT2D eigenvalue weighted by atomic mass is 10.3. The van der Waals surface area contributed by atoms with Crippen LogP contribution >= 0.6 is 0 Å². The van der Waals surface area contributed by atoms with Crippen LogP contribution in [0.1, 0.15) is 26.2 Å². The predicted molar refractivity (Wildman–Crippen MR) is 61.9 cm³/mol. The van der Waals surface area contributed by atoms with Crippen molar-refractivity contribution in [2.24, 2.45) is 0 Å². The van der Waals surface area contributed by atoms with E-state index in [9.17, 15) is 14.4 Å². The zero-order chi connectivity index (χ0) is 13.3. The molecule has 6 nitrogen and oxygen atoms in total. The molecule has 0 rings (SSSR count). The number of aldehydes is 1. The average Bonchev–Trinajstić information content (AvgIpc) is 2.25. The largest absolute Gasteiger partial charge is 0.346 e. The number of carbonyl (C=O) groups excluding carboxylic acids is 3. The lowest BCUT2D eigenvalue weighted by Gasteiger charge is -2.18. The van der Waals surface area contributed by atoms with E-state index in [-0.39, 0.29) is 25.3 Å². The Morgan fingerprint density at radius 3 is 2.47 bits per heavy atom. The standard InChI is InChI=1S/C11H20N2O4/c1-4-7-12(2)9-11(16)17-13(3)10(15)6-5-8-14/h8H,4-7,9H2,1-3H3. The molecule has 6 heteroatoms. The van der Waals surface area contributed by atoms with Crippen LogP contribution in [0.5, 0.6) is 0 Å². The molecule has 0 aromatic rings. The highest BCUT2D eigenvalue weighted by Gasteiger charge is 2.14. The van der Waals surface area contributed by atoms with E-state index in [0.29, 0.717) is 6.29 Å². The quantitative estimate of drug-likeness (QED) is 0.473. The molecule has 0 aromatic carbocycles. The molecule has 0 saturated carbocycles. The summed E-state index contributed by atoms with van der Waals surface area (Å²) in [5.41, 5.74) is 0. The minimum absolute atomic E-state index is 0.0537. The molecule has 0 aliphatic carbocycles. The van der Waals surface area contributed by atoms with Crippen LogP contribution in [0.3, 0.4) is 0 Å². The van der Waals surface area contributed by atoms with Crippen LogP contribution in [-0.4, -0.2) is 55.3 Å². The van der Waals surface area contributed by atoms with Crippen molar-refractivity contribution < 1.29 is 19.2 Å². The van der Waals surface area contributed by atoms with Crippen LogP contribution in [0.4, 0.5) is 0 Å². The van der Waals surface area contributed by atoms with Crippen molar-refractivity contribution >= 4 is 18.2 Å². The molecule has 98 valence electrons. The molecule has 0 aliphatic rings. The lowest BCUT2D eigenvalue weighted by Crippen LogP contribution is -2.35. The van der Waals surface area contributed by atoms with Gasteiger partial charge in [-0.15, -0.1) is 0 Å². The number of hydroxylamine groups is 2. The number of hydrogen-bond donors (Lipinski definition) is 0. The number of rotatable bonds is 7. The maximum absolute atomic E-state index is 11.4. The van der Waals surface area contributed by atoms with Gasteiger partial charge in [0, 0.05) is 19.9 Å². The number of amides is 1. The summed E-state index contributed by atoms with van der Waals surface area (Å²) in [6, 6.07) is 0. The molecule has 0 unspecified atom stereocenters. The van der Waals surface area contributed by atoms with Gasteiger partial charge in [-0.25, -0.2) is 4.79 Å². The van der Waals surface area contributed by atoms with E-state index in [0.717, 1.165) is 18.0 Å². The van der Waals surface area contributed by atoms with Gasteiger partial charge in [0.15, 0.2) is 0 Å². The number of hydrogen-bond acceptors (Lipinski definition) is 5. The lowest BCUT2D eigenvalue weighted by molar-refractivity contribution is -0.193. The van der Waals surface area contributed by atoms with Gasteiger partial charge in [-0.05, 0) is 20.0 Å². The molecule has 17 heavy (non-hydrogen) atoms. The van der Waals surface area contributed by atoms with E-state index in [1.807, 2.05) is 11.8 Å². The molecule has 1 amide bonds. The normalized spacial score (nSPS) is 10.1. The maximum Gasteiger partial charge on any atom is 0.346 e. The molecule has 0 radical (unpaired) electrons. The van der Waals surface area contributed by atoms with E-state index in [4.69, 9.17) is 4.84 Å². The van der Waals surface area contributed by atoms with E-state index in [2.05, 4.69) is 0 Å². The molecular weight excluding hydrogens is 224 g/mol. The third-order valence-electron chi connectivity index (χ3n) is 2.07. The first-order valence-electron chi connectivity index (χ1n) is 5.60. The summed E-state index contributed by atoms with van der Waals surface area (Å²) in [5.74, 6) is -0.869. The zero-order valence-electron chi connectivity index (χ0n) is 10.6. The molecule has 0 spiro atoms. The Hall–Kier alpha value is -1.43. The van der Waals surface area contributed by atoms with Gasteiger partial charge in [-0.3, -0.25) is 9.69 Å². The minimum atomic E-state index is -0.483. The Kier molecular flexibility index (Phi) is 7.96. The average molecular weight is 244 g/mol. The fraction of sp³-hybridized carbons (Fsp3) is 0.727. The maximum atomic E-state index is 11.4. The van der Waals surface area contributed by atoms with Crippen LogP contribution in [0.2, 0.25) is 0 Å². The van der Waals surface area contributed by atoms with Gasteiger partial charge >= 0.3 is 5.97 Å². The second-order valence-electron chi connectivity index (χ2n) is 3.80. The highest BCUT2D eigenvalue weighted by Crippen LogP contribution is 1.96. The highest BCUT2D eigenvalue weighted by atomic mass is 16.7. The SMILES string of the molecule is CCCN(C)CC(=O)ON(C)C(=O)CCC=O. The van der Waals surface area contributed by atoms with Gasteiger partial charge in [-0.1, -0.05) is 6.92 Å². The molecule has 0 saturated heterocycles.